The molecule has 0 aliphatic carbocycles. The van der Waals surface area contributed by atoms with Crippen LogP contribution in [0.2, 0.25) is 0 Å². The average Bonchev–Trinajstić information content (AvgIpc) is 2.70. The van der Waals surface area contributed by atoms with Gasteiger partial charge in [-0.05, 0) is 58.1 Å². The van der Waals surface area contributed by atoms with Crippen molar-refractivity contribution in [3.05, 3.63) is 47.5 Å². The minimum Gasteiger partial charge on any atom is -0.508 e. The molecule has 3 heteroatoms. The van der Waals surface area contributed by atoms with Crippen LogP contribution < -0.4 is 0 Å². The number of aromatic hydroxyl groups is 2. The predicted octanol–water partition coefficient (Wildman–Crippen LogP) is 8.68. The minimum atomic E-state index is -0.171. The molecule has 0 amide bonds. The Labute approximate surface area is 194 Å². The molecular formula is C28H42O2S. The number of benzene rings is 2. The Morgan fingerprint density at radius 2 is 0.935 bits per heavy atom. The topological polar surface area (TPSA) is 40.5 Å². The molecule has 172 valence electrons. The van der Waals surface area contributed by atoms with Crippen molar-refractivity contribution in [3.8, 4) is 11.5 Å². The van der Waals surface area contributed by atoms with Crippen LogP contribution in [-0.4, -0.2) is 10.2 Å². The molecule has 0 aliphatic heterocycles. The van der Waals surface area contributed by atoms with Crippen molar-refractivity contribution in [2.24, 2.45) is 10.8 Å². The molecule has 2 N–H and O–H groups in total. The van der Waals surface area contributed by atoms with E-state index in [2.05, 4.69) is 81.4 Å². The second-order valence-corrected chi connectivity index (χ2v) is 12.3. The Morgan fingerprint density at radius 3 is 1.23 bits per heavy atom. The van der Waals surface area contributed by atoms with Gasteiger partial charge in [0.15, 0.2) is 0 Å². The third kappa shape index (κ3) is 4.77. The highest BCUT2D eigenvalue weighted by atomic mass is 32.2. The van der Waals surface area contributed by atoms with Gasteiger partial charge in [0.25, 0.3) is 0 Å². The molecule has 0 saturated carbocycles. The molecule has 2 rings (SSSR count). The summed E-state index contributed by atoms with van der Waals surface area (Å²) in [5.74, 6) is 0.709. The Hall–Kier alpha value is -1.61. The van der Waals surface area contributed by atoms with Crippen molar-refractivity contribution in [2.75, 3.05) is 0 Å². The summed E-state index contributed by atoms with van der Waals surface area (Å²) in [6, 6.07) is 11.8. The van der Waals surface area contributed by atoms with Crippen LogP contribution in [0.15, 0.2) is 46.2 Å². The molecule has 0 aliphatic rings. The van der Waals surface area contributed by atoms with Crippen LogP contribution in [-0.2, 0) is 10.8 Å². The van der Waals surface area contributed by atoms with Gasteiger partial charge < -0.3 is 10.2 Å². The summed E-state index contributed by atoms with van der Waals surface area (Å²) in [5, 5.41) is 21.3. The number of rotatable bonds is 8. The summed E-state index contributed by atoms with van der Waals surface area (Å²) in [7, 11) is 0. The van der Waals surface area contributed by atoms with Gasteiger partial charge in [0.1, 0.15) is 11.5 Å². The lowest BCUT2D eigenvalue weighted by molar-refractivity contribution is 0.184. The van der Waals surface area contributed by atoms with Gasteiger partial charge in [-0.1, -0.05) is 93.8 Å². The summed E-state index contributed by atoms with van der Waals surface area (Å²) >= 11 is 1.68. The number of hydrogen-bond donors (Lipinski definition) is 2. The first-order valence-corrected chi connectivity index (χ1v) is 12.3. The fourth-order valence-corrected chi connectivity index (χ4v) is 4.81. The lowest BCUT2D eigenvalue weighted by atomic mass is 9.63. The molecule has 0 saturated heterocycles. The van der Waals surface area contributed by atoms with Crippen molar-refractivity contribution < 1.29 is 10.2 Å². The van der Waals surface area contributed by atoms with E-state index in [0.29, 0.717) is 11.5 Å². The second kappa shape index (κ2) is 8.73. The van der Waals surface area contributed by atoms with Gasteiger partial charge in [0.2, 0.25) is 0 Å². The van der Waals surface area contributed by atoms with Crippen molar-refractivity contribution in [1.82, 2.24) is 0 Å². The normalized spacial score (nSPS) is 13.5. The van der Waals surface area contributed by atoms with Gasteiger partial charge in [0.05, 0.1) is 0 Å². The number of hydrogen-bond acceptors (Lipinski definition) is 3. The first kappa shape index (κ1) is 25.6. The van der Waals surface area contributed by atoms with E-state index in [1.54, 1.807) is 11.8 Å². The van der Waals surface area contributed by atoms with E-state index in [1.807, 2.05) is 24.3 Å². The smallest absolute Gasteiger partial charge is 0.119 e. The zero-order valence-electron chi connectivity index (χ0n) is 21.2. The van der Waals surface area contributed by atoms with Crippen LogP contribution in [0.3, 0.4) is 0 Å². The standard InChI is InChI=1S/C28H42O2S/c1-11-25(3,4)27(7,8)21-17-19(13-15-23(21)29)31-20-14-16-24(30)22(18-20)28(9,10)26(5,6)12-2/h13-18,29-30H,11-12H2,1-10H3. The molecule has 0 heterocycles. The number of phenols is 2. The maximum Gasteiger partial charge on any atom is 0.119 e. The van der Waals surface area contributed by atoms with Crippen LogP contribution in [0.5, 0.6) is 11.5 Å². The average molecular weight is 443 g/mol. The van der Waals surface area contributed by atoms with E-state index in [4.69, 9.17) is 0 Å². The van der Waals surface area contributed by atoms with Crippen LogP contribution in [0.1, 0.15) is 93.2 Å². The Balaban J connectivity index is 2.47. The molecule has 0 spiro atoms. The highest BCUT2D eigenvalue weighted by Crippen LogP contribution is 2.49. The van der Waals surface area contributed by atoms with Crippen LogP contribution >= 0.6 is 11.8 Å². The zero-order chi connectivity index (χ0) is 23.8. The van der Waals surface area contributed by atoms with Crippen molar-refractivity contribution >= 4 is 11.8 Å². The van der Waals surface area contributed by atoms with E-state index in [9.17, 15) is 10.2 Å². The van der Waals surface area contributed by atoms with E-state index >= 15 is 0 Å². The second-order valence-electron chi connectivity index (χ2n) is 11.2. The van der Waals surface area contributed by atoms with E-state index in [-0.39, 0.29) is 21.7 Å². The highest BCUT2D eigenvalue weighted by molar-refractivity contribution is 7.99. The molecule has 0 aromatic heterocycles. The summed E-state index contributed by atoms with van der Waals surface area (Å²) in [6.07, 6.45) is 2.06. The van der Waals surface area contributed by atoms with Gasteiger partial charge in [-0.3, -0.25) is 0 Å². The largest absolute Gasteiger partial charge is 0.508 e. The first-order chi connectivity index (χ1) is 14.1. The monoisotopic (exact) mass is 442 g/mol. The molecule has 0 radical (unpaired) electrons. The quantitative estimate of drug-likeness (QED) is 0.429. The summed E-state index contributed by atoms with van der Waals surface area (Å²) < 4.78 is 0. The Kier molecular flexibility index (Phi) is 7.22. The van der Waals surface area contributed by atoms with Crippen molar-refractivity contribution in [2.45, 2.75) is 103 Å². The third-order valence-corrected chi connectivity index (χ3v) is 9.65. The van der Waals surface area contributed by atoms with Gasteiger partial charge in [-0.2, -0.15) is 0 Å². The van der Waals surface area contributed by atoms with Crippen molar-refractivity contribution in [1.29, 1.82) is 0 Å². The molecule has 2 aromatic carbocycles. The Morgan fingerprint density at radius 1 is 0.613 bits per heavy atom. The maximum atomic E-state index is 10.7. The van der Waals surface area contributed by atoms with Crippen molar-refractivity contribution in [3.63, 3.8) is 0 Å². The summed E-state index contributed by atoms with van der Waals surface area (Å²) in [4.78, 5) is 2.19. The molecule has 0 atom stereocenters. The molecule has 0 unspecified atom stereocenters. The van der Waals surface area contributed by atoms with E-state index < -0.39 is 0 Å². The van der Waals surface area contributed by atoms with Crippen LogP contribution in [0.25, 0.3) is 0 Å². The molecule has 0 bridgehead atoms. The lowest BCUT2D eigenvalue weighted by Crippen LogP contribution is -2.36. The lowest BCUT2D eigenvalue weighted by Gasteiger charge is -2.42. The third-order valence-electron chi connectivity index (χ3n) is 8.67. The van der Waals surface area contributed by atoms with E-state index in [0.717, 1.165) is 33.8 Å². The van der Waals surface area contributed by atoms with Gasteiger partial charge in [0, 0.05) is 20.9 Å². The molecule has 2 nitrogen and oxygen atoms in total. The summed E-state index contributed by atoms with van der Waals surface area (Å²) in [5.41, 5.74) is 1.72. The van der Waals surface area contributed by atoms with Gasteiger partial charge in [-0.15, -0.1) is 0 Å². The molecule has 31 heavy (non-hydrogen) atoms. The minimum absolute atomic E-state index is 0.0508. The van der Waals surface area contributed by atoms with Crippen LogP contribution in [0.4, 0.5) is 0 Å². The molecule has 0 fully saturated rings. The number of phenolic OH excluding ortho intramolecular Hbond substituents is 2. The first-order valence-electron chi connectivity index (χ1n) is 11.5. The summed E-state index contributed by atoms with van der Waals surface area (Å²) in [6.45, 7) is 22.3. The van der Waals surface area contributed by atoms with Crippen LogP contribution in [0, 0.1) is 10.8 Å². The zero-order valence-corrected chi connectivity index (χ0v) is 22.0. The maximum absolute atomic E-state index is 10.7. The van der Waals surface area contributed by atoms with E-state index in [1.165, 1.54) is 0 Å². The van der Waals surface area contributed by atoms with Gasteiger partial charge in [-0.25, -0.2) is 0 Å². The fraction of sp³-hybridized carbons (Fsp3) is 0.571. The van der Waals surface area contributed by atoms with Gasteiger partial charge >= 0.3 is 0 Å². The Bertz CT molecular complexity index is 847. The fourth-order valence-electron chi connectivity index (χ4n) is 3.91. The molecule has 2 aromatic rings. The molecular weight excluding hydrogens is 400 g/mol. The highest BCUT2D eigenvalue weighted by Gasteiger charge is 2.40. The SMILES string of the molecule is CCC(C)(C)C(C)(C)c1cc(Sc2ccc(O)c(C(C)(C)C(C)(C)CC)c2)ccc1O. The predicted molar refractivity (Wildman–Crippen MR) is 135 cm³/mol.